The van der Waals surface area contributed by atoms with Crippen LogP contribution in [-0.2, 0) is 16.1 Å². The Kier molecular flexibility index (Phi) is 7.16. The van der Waals surface area contributed by atoms with Crippen molar-refractivity contribution in [3.63, 3.8) is 0 Å². The molecule has 0 radical (unpaired) electrons. The quantitative estimate of drug-likeness (QED) is 0.199. The molecule has 0 fully saturated rings. The third-order valence-electron chi connectivity index (χ3n) is 5.05. The van der Waals surface area contributed by atoms with Crippen molar-refractivity contribution >= 4 is 12.0 Å². The molecule has 0 N–H and O–H groups in total. The van der Waals surface area contributed by atoms with Gasteiger partial charge in [0.05, 0.1) is 18.0 Å². The first-order chi connectivity index (χ1) is 16.7. The van der Waals surface area contributed by atoms with Gasteiger partial charge in [0.2, 0.25) is 0 Å². The molecule has 4 aromatic rings. The highest BCUT2D eigenvalue weighted by molar-refractivity contribution is 5.98. The number of ether oxygens (including phenoxy) is 2. The molecule has 0 aliphatic carbocycles. The first-order valence-corrected chi connectivity index (χ1v) is 10.9. The van der Waals surface area contributed by atoms with Gasteiger partial charge in [0.1, 0.15) is 24.0 Å². The predicted molar refractivity (Wildman–Crippen MR) is 130 cm³/mol. The summed E-state index contributed by atoms with van der Waals surface area (Å²) in [6.07, 6.45) is 3.31. The van der Waals surface area contributed by atoms with Crippen molar-refractivity contribution in [1.82, 2.24) is 9.78 Å². The highest BCUT2D eigenvalue weighted by Gasteiger charge is 2.16. The zero-order valence-corrected chi connectivity index (χ0v) is 18.7. The van der Waals surface area contributed by atoms with E-state index in [4.69, 9.17) is 14.6 Å². The molecule has 0 spiro atoms. The van der Waals surface area contributed by atoms with Crippen LogP contribution in [0.15, 0.2) is 96.7 Å². The minimum Gasteiger partial charge on any atom is -0.489 e. The highest BCUT2D eigenvalue weighted by Crippen LogP contribution is 2.28. The molecular weight excluding hydrogens is 426 g/mol. The monoisotopic (exact) mass is 449 g/mol. The molecule has 34 heavy (non-hydrogen) atoms. The summed E-state index contributed by atoms with van der Waals surface area (Å²) < 4.78 is 12.6. The molecule has 6 heteroatoms. The van der Waals surface area contributed by atoms with Crippen LogP contribution in [0.5, 0.6) is 5.75 Å². The van der Waals surface area contributed by atoms with Gasteiger partial charge in [-0.15, -0.1) is 0 Å². The highest BCUT2D eigenvalue weighted by atomic mass is 16.5. The number of hydrogen-bond acceptors (Lipinski definition) is 5. The van der Waals surface area contributed by atoms with E-state index >= 15 is 0 Å². The summed E-state index contributed by atoms with van der Waals surface area (Å²) in [5.41, 5.74) is 3.96. The van der Waals surface area contributed by atoms with Crippen molar-refractivity contribution in [1.29, 1.82) is 5.26 Å². The number of esters is 1. The van der Waals surface area contributed by atoms with Crippen molar-refractivity contribution < 1.29 is 14.3 Å². The summed E-state index contributed by atoms with van der Waals surface area (Å²) in [5, 5.41) is 14.2. The van der Waals surface area contributed by atoms with Crippen LogP contribution in [-0.4, -0.2) is 22.4 Å². The van der Waals surface area contributed by atoms with Crippen LogP contribution in [0.3, 0.4) is 0 Å². The van der Waals surface area contributed by atoms with E-state index in [0.717, 1.165) is 22.6 Å². The maximum absolute atomic E-state index is 12.2. The Labute approximate surface area is 198 Å². The average Bonchev–Trinajstić information content (AvgIpc) is 3.31. The second-order valence-corrected chi connectivity index (χ2v) is 7.40. The summed E-state index contributed by atoms with van der Waals surface area (Å²) in [6.45, 7) is 2.37. The Morgan fingerprint density at radius 2 is 1.68 bits per heavy atom. The van der Waals surface area contributed by atoms with E-state index in [2.05, 4.69) is 0 Å². The lowest BCUT2D eigenvalue weighted by Crippen LogP contribution is -2.06. The van der Waals surface area contributed by atoms with Crippen LogP contribution in [0.25, 0.3) is 23.0 Å². The van der Waals surface area contributed by atoms with Gasteiger partial charge in [-0.05, 0) is 55.0 Å². The molecule has 4 rings (SSSR count). The number of aromatic nitrogens is 2. The van der Waals surface area contributed by atoms with E-state index in [1.165, 1.54) is 6.08 Å². The maximum Gasteiger partial charge on any atom is 0.348 e. The van der Waals surface area contributed by atoms with E-state index in [9.17, 15) is 10.1 Å². The van der Waals surface area contributed by atoms with Crippen molar-refractivity contribution in [3.8, 4) is 28.8 Å². The molecule has 0 amide bonds. The fourth-order valence-electron chi connectivity index (χ4n) is 3.38. The van der Waals surface area contributed by atoms with E-state index < -0.39 is 5.97 Å². The number of nitrogens with zero attached hydrogens (tertiary/aromatic N) is 3. The minimum atomic E-state index is -0.659. The number of nitriles is 1. The number of carbonyl (C=O) groups is 1. The van der Waals surface area contributed by atoms with E-state index in [1.54, 1.807) is 17.8 Å². The van der Waals surface area contributed by atoms with Gasteiger partial charge in [-0.3, -0.25) is 0 Å². The van der Waals surface area contributed by atoms with Crippen LogP contribution in [0.1, 0.15) is 18.1 Å². The molecular formula is C28H23N3O3. The van der Waals surface area contributed by atoms with E-state index in [1.807, 2.05) is 91.0 Å². The van der Waals surface area contributed by atoms with Gasteiger partial charge in [-0.25, -0.2) is 9.48 Å². The second-order valence-electron chi connectivity index (χ2n) is 7.40. The lowest BCUT2D eigenvalue weighted by atomic mass is 10.1. The summed E-state index contributed by atoms with van der Waals surface area (Å²) >= 11 is 0. The zero-order valence-electron chi connectivity index (χ0n) is 18.7. The summed E-state index contributed by atoms with van der Waals surface area (Å²) in [5.74, 6) is 0.0736. The third-order valence-corrected chi connectivity index (χ3v) is 5.05. The zero-order chi connectivity index (χ0) is 23.8. The van der Waals surface area contributed by atoms with Crippen LogP contribution < -0.4 is 4.74 Å². The van der Waals surface area contributed by atoms with Crippen molar-refractivity contribution in [2.24, 2.45) is 0 Å². The summed E-state index contributed by atoms with van der Waals surface area (Å²) in [4.78, 5) is 12.2. The van der Waals surface area contributed by atoms with Gasteiger partial charge in [0.15, 0.2) is 0 Å². The van der Waals surface area contributed by atoms with Crippen molar-refractivity contribution in [2.45, 2.75) is 13.5 Å². The molecule has 3 aromatic carbocycles. The fourth-order valence-corrected chi connectivity index (χ4v) is 3.38. The molecule has 0 aliphatic rings. The fraction of sp³-hybridized carbons (Fsp3) is 0.107. The summed E-state index contributed by atoms with van der Waals surface area (Å²) in [7, 11) is 0. The molecule has 0 bridgehead atoms. The second kappa shape index (κ2) is 10.8. The smallest absolute Gasteiger partial charge is 0.348 e. The standard InChI is InChI=1S/C28H23N3O3/c1-2-33-28(32)23(18-29)17-24-19-31(25-11-7-4-8-12-25)30-27(24)22-13-15-26(16-14-22)34-20-21-9-5-3-6-10-21/h3-17,19H,2,20H2,1H3/b23-17-. The van der Waals surface area contributed by atoms with Gasteiger partial charge >= 0.3 is 5.97 Å². The number of carbonyl (C=O) groups excluding carboxylic acids is 1. The van der Waals surface area contributed by atoms with Crippen LogP contribution in [0.4, 0.5) is 0 Å². The maximum atomic E-state index is 12.2. The number of rotatable bonds is 8. The van der Waals surface area contributed by atoms with Gasteiger partial charge in [0, 0.05) is 17.3 Å². The van der Waals surface area contributed by atoms with E-state index in [0.29, 0.717) is 17.9 Å². The lowest BCUT2D eigenvalue weighted by molar-refractivity contribution is -0.137. The Morgan fingerprint density at radius 1 is 1.00 bits per heavy atom. The number of para-hydroxylation sites is 1. The van der Waals surface area contributed by atoms with Crippen molar-refractivity contribution in [2.75, 3.05) is 6.61 Å². The molecule has 0 unspecified atom stereocenters. The molecule has 168 valence electrons. The first-order valence-electron chi connectivity index (χ1n) is 10.9. The Morgan fingerprint density at radius 3 is 2.32 bits per heavy atom. The Balaban J connectivity index is 1.66. The van der Waals surface area contributed by atoms with Gasteiger partial charge in [-0.1, -0.05) is 48.5 Å². The largest absolute Gasteiger partial charge is 0.489 e. The van der Waals surface area contributed by atoms with Gasteiger partial charge in [-0.2, -0.15) is 10.4 Å². The Bertz CT molecular complexity index is 1320. The molecule has 0 saturated carbocycles. The molecule has 1 aromatic heterocycles. The average molecular weight is 450 g/mol. The van der Waals surface area contributed by atoms with Gasteiger partial charge in [0.25, 0.3) is 0 Å². The molecule has 1 heterocycles. The molecule has 0 aliphatic heterocycles. The minimum absolute atomic E-state index is 0.0847. The SMILES string of the molecule is CCOC(=O)/C(C#N)=C\c1cn(-c2ccccc2)nc1-c1ccc(OCc2ccccc2)cc1. The lowest BCUT2D eigenvalue weighted by Gasteiger charge is -2.07. The normalized spacial score (nSPS) is 11.0. The first kappa shape index (κ1) is 22.6. The topological polar surface area (TPSA) is 77.1 Å². The van der Waals surface area contributed by atoms with Crippen molar-refractivity contribution in [3.05, 3.63) is 108 Å². The third kappa shape index (κ3) is 5.40. The number of benzene rings is 3. The van der Waals surface area contributed by atoms with Crippen LogP contribution in [0.2, 0.25) is 0 Å². The molecule has 0 atom stereocenters. The van der Waals surface area contributed by atoms with Crippen LogP contribution >= 0.6 is 0 Å². The number of hydrogen-bond donors (Lipinski definition) is 0. The van der Waals surface area contributed by atoms with E-state index in [-0.39, 0.29) is 12.2 Å². The van der Waals surface area contributed by atoms with Gasteiger partial charge < -0.3 is 9.47 Å². The predicted octanol–water partition coefficient (Wildman–Crippen LogP) is 5.59. The van der Waals surface area contributed by atoms with Crippen LogP contribution in [0, 0.1) is 11.3 Å². The molecule has 6 nitrogen and oxygen atoms in total. The Hall–Kier alpha value is -4.63. The summed E-state index contributed by atoms with van der Waals surface area (Å²) in [6, 6.07) is 29.1. The molecule has 0 saturated heterocycles.